The van der Waals surface area contributed by atoms with E-state index < -0.39 is 0 Å². The van der Waals surface area contributed by atoms with Crippen molar-refractivity contribution in [3.8, 4) is 5.75 Å². The van der Waals surface area contributed by atoms with E-state index in [0.717, 1.165) is 25.9 Å². The van der Waals surface area contributed by atoms with Gasteiger partial charge in [0.05, 0.1) is 10.0 Å². The quantitative estimate of drug-likeness (QED) is 0.843. The molecule has 1 aliphatic heterocycles. The maximum absolute atomic E-state index is 12.0. The van der Waals surface area contributed by atoms with E-state index in [-0.39, 0.29) is 21.7 Å². The molecule has 1 aromatic rings. The third kappa shape index (κ3) is 2.11. The summed E-state index contributed by atoms with van der Waals surface area (Å²) in [6.07, 6.45) is 2.07. The van der Waals surface area contributed by atoms with Crippen molar-refractivity contribution in [2.75, 3.05) is 13.1 Å². The molecule has 0 aliphatic carbocycles. The second kappa shape index (κ2) is 4.52. The van der Waals surface area contributed by atoms with E-state index in [2.05, 4.69) is 0 Å². The summed E-state index contributed by atoms with van der Waals surface area (Å²) in [7, 11) is 0. The van der Waals surface area contributed by atoms with E-state index in [9.17, 15) is 9.90 Å². The lowest BCUT2D eigenvalue weighted by Gasteiger charge is -2.15. The summed E-state index contributed by atoms with van der Waals surface area (Å²) in [5.41, 5.74) is 0.426. The molecule has 0 saturated carbocycles. The van der Waals surface area contributed by atoms with Crippen LogP contribution in [0.5, 0.6) is 5.75 Å². The van der Waals surface area contributed by atoms with Crippen LogP contribution in [0.4, 0.5) is 0 Å². The molecule has 5 heteroatoms. The van der Waals surface area contributed by atoms with Crippen LogP contribution in [0.3, 0.4) is 0 Å². The number of carbonyl (C=O) groups excluding carboxylic acids is 1. The van der Waals surface area contributed by atoms with E-state index in [1.54, 1.807) is 4.90 Å². The first-order chi connectivity index (χ1) is 7.59. The van der Waals surface area contributed by atoms with Crippen LogP contribution in [0.2, 0.25) is 10.0 Å². The van der Waals surface area contributed by atoms with Crippen molar-refractivity contribution < 1.29 is 9.90 Å². The molecule has 0 atom stereocenters. The highest BCUT2D eigenvalue weighted by atomic mass is 35.5. The lowest BCUT2D eigenvalue weighted by atomic mass is 10.2. The molecule has 1 aromatic carbocycles. The normalized spacial score (nSPS) is 15.5. The maximum atomic E-state index is 12.0. The summed E-state index contributed by atoms with van der Waals surface area (Å²) in [6, 6.07) is 2.90. The van der Waals surface area contributed by atoms with Crippen molar-refractivity contribution >= 4 is 29.1 Å². The van der Waals surface area contributed by atoms with Crippen molar-refractivity contribution in [2.45, 2.75) is 12.8 Å². The third-order valence-corrected chi connectivity index (χ3v) is 3.23. The summed E-state index contributed by atoms with van der Waals surface area (Å²) < 4.78 is 0. The minimum Gasteiger partial charge on any atom is -0.505 e. The Morgan fingerprint density at radius 2 is 1.69 bits per heavy atom. The Morgan fingerprint density at radius 3 is 2.19 bits per heavy atom. The molecule has 1 aliphatic rings. The number of phenolic OH excluding ortho intramolecular Hbond substituents is 1. The van der Waals surface area contributed by atoms with Crippen molar-refractivity contribution in [3.05, 3.63) is 27.7 Å². The fraction of sp³-hybridized carbons (Fsp3) is 0.364. The third-order valence-electron chi connectivity index (χ3n) is 2.66. The van der Waals surface area contributed by atoms with E-state index in [1.807, 2.05) is 0 Å². The molecule has 0 unspecified atom stereocenters. The van der Waals surface area contributed by atoms with Gasteiger partial charge in [-0.05, 0) is 25.0 Å². The zero-order valence-electron chi connectivity index (χ0n) is 8.54. The first-order valence-corrected chi connectivity index (χ1v) is 5.82. The zero-order valence-corrected chi connectivity index (χ0v) is 10.1. The Morgan fingerprint density at radius 1 is 1.19 bits per heavy atom. The van der Waals surface area contributed by atoms with Crippen LogP contribution in [0.15, 0.2) is 12.1 Å². The highest BCUT2D eigenvalue weighted by molar-refractivity contribution is 6.37. The fourth-order valence-corrected chi connectivity index (χ4v) is 2.28. The van der Waals surface area contributed by atoms with Gasteiger partial charge in [-0.2, -0.15) is 0 Å². The lowest BCUT2D eigenvalue weighted by molar-refractivity contribution is 0.0793. The van der Waals surface area contributed by atoms with Crippen LogP contribution in [-0.4, -0.2) is 29.0 Å². The number of hydrogen-bond donors (Lipinski definition) is 1. The second-order valence-corrected chi connectivity index (χ2v) is 4.60. The number of nitrogens with zero attached hydrogens (tertiary/aromatic N) is 1. The standard InChI is InChI=1S/C11H11Cl2NO2/c12-8-5-7(6-9(13)10(8)15)11(16)14-3-1-2-4-14/h5-6,15H,1-4H2. The van der Waals surface area contributed by atoms with Crippen LogP contribution in [0.25, 0.3) is 0 Å². The van der Waals surface area contributed by atoms with Crippen LogP contribution in [0.1, 0.15) is 23.2 Å². The molecule has 1 fully saturated rings. The Labute approximate surface area is 104 Å². The van der Waals surface area contributed by atoms with Gasteiger partial charge in [-0.15, -0.1) is 0 Å². The molecule has 1 heterocycles. The van der Waals surface area contributed by atoms with Crippen molar-refractivity contribution in [1.29, 1.82) is 0 Å². The van der Waals surface area contributed by atoms with Gasteiger partial charge in [0.25, 0.3) is 5.91 Å². The molecule has 1 N–H and O–H groups in total. The van der Waals surface area contributed by atoms with Gasteiger partial charge < -0.3 is 10.0 Å². The van der Waals surface area contributed by atoms with Crippen LogP contribution < -0.4 is 0 Å². The molecular formula is C11H11Cl2NO2. The van der Waals surface area contributed by atoms with Gasteiger partial charge in [0.15, 0.2) is 5.75 Å². The van der Waals surface area contributed by atoms with Crippen molar-refractivity contribution in [2.24, 2.45) is 0 Å². The van der Waals surface area contributed by atoms with Crippen LogP contribution in [-0.2, 0) is 0 Å². The predicted molar refractivity (Wildman–Crippen MR) is 63.3 cm³/mol. The van der Waals surface area contributed by atoms with Gasteiger partial charge in [0, 0.05) is 18.7 Å². The highest BCUT2D eigenvalue weighted by Gasteiger charge is 2.21. The van der Waals surface area contributed by atoms with Gasteiger partial charge in [0.2, 0.25) is 0 Å². The number of rotatable bonds is 1. The molecule has 0 bridgehead atoms. The Balaban J connectivity index is 2.29. The van der Waals surface area contributed by atoms with Crippen molar-refractivity contribution in [1.82, 2.24) is 4.90 Å². The fourth-order valence-electron chi connectivity index (χ4n) is 1.79. The molecule has 3 nitrogen and oxygen atoms in total. The van der Waals surface area contributed by atoms with Crippen molar-refractivity contribution in [3.63, 3.8) is 0 Å². The molecule has 0 aromatic heterocycles. The Kier molecular flexibility index (Phi) is 3.26. The van der Waals surface area contributed by atoms with Gasteiger partial charge in [-0.1, -0.05) is 23.2 Å². The molecule has 86 valence electrons. The smallest absolute Gasteiger partial charge is 0.253 e. The number of hydrogen-bond acceptors (Lipinski definition) is 2. The first-order valence-electron chi connectivity index (χ1n) is 5.07. The van der Waals surface area contributed by atoms with E-state index in [1.165, 1.54) is 12.1 Å². The second-order valence-electron chi connectivity index (χ2n) is 3.79. The summed E-state index contributed by atoms with van der Waals surface area (Å²) in [5, 5.41) is 9.60. The summed E-state index contributed by atoms with van der Waals surface area (Å²) in [6.45, 7) is 1.55. The predicted octanol–water partition coefficient (Wildman–Crippen LogP) is 2.94. The zero-order chi connectivity index (χ0) is 11.7. The van der Waals surface area contributed by atoms with Gasteiger partial charge in [0.1, 0.15) is 0 Å². The first kappa shape index (κ1) is 11.6. The molecule has 0 spiro atoms. The van der Waals surface area contributed by atoms with Gasteiger partial charge in [-0.25, -0.2) is 0 Å². The van der Waals surface area contributed by atoms with Crippen LogP contribution in [0, 0.1) is 0 Å². The minimum atomic E-state index is -0.179. The van der Waals surface area contributed by atoms with Gasteiger partial charge in [-0.3, -0.25) is 4.79 Å². The summed E-state index contributed by atoms with van der Waals surface area (Å²) >= 11 is 11.5. The van der Waals surface area contributed by atoms with Crippen LogP contribution >= 0.6 is 23.2 Å². The number of benzene rings is 1. The van der Waals surface area contributed by atoms with E-state index in [4.69, 9.17) is 23.2 Å². The molecule has 1 saturated heterocycles. The van der Waals surface area contributed by atoms with Gasteiger partial charge >= 0.3 is 0 Å². The van der Waals surface area contributed by atoms with E-state index >= 15 is 0 Å². The molecule has 1 amide bonds. The minimum absolute atomic E-state index is 0.0821. The Bertz CT molecular complexity index is 405. The SMILES string of the molecule is O=C(c1cc(Cl)c(O)c(Cl)c1)N1CCCC1. The average Bonchev–Trinajstić information content (AvgIpc) is 2.77. The maximum Gasteiger partial charge on any atom is 0.253 e. The number of halogens is 2. The topological polar surface area (TPSA) is 40.5 Å². The lowest BCUT2D eigenvalue weighted by Crippen LogP contribution is -2.27. The monoisotopic (exact) mass is 259 g/mol. The molecule has 16 heavy (non-hydrogen) atoms. The molecule has 2 rings (SSSR count). The average molecular weight is 260 g/mol. The number of amides is 1. The summed E-state index contributed by atoms with van der Waals surface area (Å²) in [4.78, 5) is 13.8. The van der Waals surface area contributed by atoms with E-state index in [0.29, 0.717) is 5.56 Å². The molecule has 0 radical (unpaired) electrons. The summed E-state index contributed by atoms with van der Waals surface area (Å²) in [5.74, 6) is -0.261. The number of phenols is 1. The number of carbonyl (C=O) groups is 1. The Hall–Kier alpha value is -0.930. The highest BCUT2D eigenvalue weighted by Crippen LogP contribution is 2.33. The largest absolute Gasteiger partial charge is 0.505 e. The molecular weight excluding hydrogens is 249 g/mol. The number of likely N-dealkylation sites (tertiary alicyclic amines) is 1. The number of aromatic hydroxyl groups is 1.